The van der Waals surface area contributed by atoms with E-state index in [9.17, 15) is 4.79 Å². The molecule has 114 valence electrons. The van der Waals surface area contributed by atoms with E-state index < -0.39 is 11.6 Å². The summed E-state index contributed by atoms with van der Waals surface area (Å²) in [5.41, 5.74) is 6.37. The number of benzene rings is 1. The number of rotatable bonds is 3. The normalized spacial score (nSPS) is 22.2. The van der Waals surface area contributed by atoms with Crippen LogP contribution in [0.2, 0.25) is 0 Å². The van der Waals surface area contributed by atoms with Gasteiger partial charge in [-0.1, -0.05) is 17.3 Å². The van der Waals surface area contributed by atoms with Crippen LogP contribution >= 0.6 is 0 Å². The van der Waals surface area contributed by atoms with Crippen LogP contribution in [0.25, 0.3) is 0 Å². The van der Waals surface area contributed by atoms with E-state index in [0.29, 0.717) is 23.2 Å². The maximum atomic E-state index is 12.1. The van der Waals surface area contributed by atoms with Crippen molar-refractivity contribution in [1.29, 1.82) is 0 Å². The van der Waals surface area contributed by atoms with E-state index in [1.54, 1.807) is 6.07 Å². The summed E-state index contributed by atoms with van der Waals surface area (Å²) >= 11 is 0. The quantitative estimate of drug-likeness (QED) is 0.887. The van der Waals surface area contributed by atoms with Crippen molar-refractivity contribution in [1.82, 2.24) is 10.1 Å². The van der Waals surface area contributed by atoms with Gasteiger partial charge in [0.1, 0.15) is 5.75 Å². The van der Waals surface area contributed by atoms with Crippen LogP contribution in [0.15, 0.2) is 28.8 Å². The Kier molecular flexibility index (Phi) is 2.90. The van der Waals surface area contributed by atoms with Gasteiger partial charge in [-0.3, -0.25) is 4.79 Å². The van der Waals surface area contributed by atoms with E-state index >= 15 is 0 Å². The van der Waals surface area contributed by atoms with Crippen molar-refractivity contribution in [3.8, 4) is 5.75 Å². The lowest BCUT2D eigenvalue weighted by molar-refractivity contribution is -0.123. The minimum atomic E-state index is -0.682. The van der Waals surface area contributed by atoms with Gasteiger partial charge in [0.25, 0.3) is 5.91 Å². The summed E-state index contributed by atoms with van der Waals surface area (Å²) in [6, 6.07) is 7.30. The molecule has 2 aromatic rings. The van der Waals surface area contributed by atoms with Crippen LogP contribution in [-0.4, -0.2) is 22.2 Å². The molecule has 0 saturated heterocycles. The molecule has 1 saturated carbocycles. The Hall–Kier alpha value is -2.41. The second-order valence-corrected chi connectivity index (χ2v) is 5.82. The third kappa shape index (κ3) is 2.14. The molecule has 4 rings (SSSR count). The maximum absolute atomic E-state index is 12.1. The topological polar surface area (TPSA) is 103 Å². The third-order valence-electron chi connectivity index (χ3n) is 4.23. The monoisotopic (exact) mass is 300 g/mol. The summed E-state index contributed by atoms with van der Waals surface area (Å²) in [6.45, 7) is 0. The average Bonchev–Trinajstić information content (AvgIpc) is 2.94. The number of fused-ring (bicyclic) bond motifs is 1. The molecule has 7 nitrogen and oxygen atoms in total. The number of nitrogens with two attached hydrogens (primary N) is 1. The number of para-hydroxylation sites is 2. The lowest BCUT2D eigenvalue weighted by Gasteiger charge is -2.34. The Morgan fingerprint density at radius 1 is 1.36 bits per heavy atom. The number of aromatic nitrogens is 2. The van der Waals surface area contributed by atoms with Crippen LogP contribution in [0.1, 0.15) is 31.0 Å². The van der Waals surface area contributed by atoms with Gasteiger partial charge in [0, 0.05) is 0 Å². The molecule has 1 atom stereocenters. The predicted octanol–water partition coefficient (Wildman–Crippen LogP) is 1.35. The molecule has 0 bridgehead atoms. The molecule has 1 aliphatic carbocycles. The molecule has 1 fully saturated rings. The fourth-order valence-electron chi connectivity index (χ4n) is 2.71. The van der Waals surface area contributed by atoms with Gasteiger partial charge in [-0.05, 0) is 31.4 Å². The summed E-state index contributed by atoms with van der Waals surface area (Å²) in [5.74, 6) is 1.31. The molecule has 0 spiro atoms. The second kappa shape index (κ2) is 4.81. The van der Waals surface area contributed by atoms with Crippen LogP contribution in [0.5, 0.6) is 5.75 Å². The zero-order valence-corrected chi connectivity index (χ0v) is 11.9. The van der Waals surface area contributed by atoms with Crippen molar-refractivity contribution in [3.05, 3.63) is 36.0 Å². The molecule has 1 aliphatic heterocycles. The number of ether oxygens (including phenoxy) is 1. The van der Waals surface area contributed by atoms with E-state index in [1.165, 1.54) is 0 Å². The van der Waals surface area contributed by atoms with Gasteiger partial charge in [0.2, 0.25) is 5.89 Å². The van der Waals surface area contributed by atoms with Crippen molar-refractivity contribution < 1.29 is 14.1 Å². The van der Waals surface area contributed by atoms with Crippen molar-refractivity contribution in [2.75, 3.05) is 5.32 Å². The van der Waals surface area contributed by atoms with E-state index in [-0.39, 0.29) is 12.3 Å². The number of nitrogens with zero attached hydrogens (tertiary/aromatic N) is 2. The Morgan fingerprint density at radius 3 is 2.95 bits per heavy atom. The Morgan fingerprint density at radius 2 is 2.18 bits per heavy atom. The highest BCUT2D eigenvalue weighted by Crippen LogP contribution is 2.37. The average molecular weight is 300 g/mol. The predicted molar refractivity (Wildman–Crippen MR) is 77.2 cm³/mol. The van der Waals surface area contributed by atoms with E-state index in [1.807, 2.05) is 18.2 Å². The third-order valence-corrected chi connectivity index (χ3v) is 4.23. The van der Waals surface area contributed by atoms with E-state index in [2.05, 4.69) is 15.5 Å². The van der Waals surface area contributed by atoms with Gasteiger partial charge in [0.05, 0.1) is 17.6 Å². The number of carbonyl (C=O) groups is 1. The number of nitrogens with one attached hydrogen (secondary N) is 1. The summed E-state index contributed by atoms with van der Waals surface area (Å²) < 4.78 is 10.9. The number of carbonyl (C=O) groups excluding carboxylic acids is 1. The highest BCUT2D eigenvalue weighted by molar-refractivity contribution is 5.97. The SMILES string of the molecule is NC1(c2noc(CC3Oc4ccccc4NC3=O)n2)CCC1. The smallest absolute Gasteiger partial charge is 0.266 e. The number of anilines is 1. The zero-order valence-electron chi connectivity index (χ0n) is 11.9. The van der Waals surface area contributed by atoms with E-state index in [0.717, 1.165) is 19.3 Å². The molecule has 1 amide bonds. The highest BCUT2D eigenvalue weighted by atomic mass is 16.5. The van der Waals surface area contributed by atoms with Crippen LogP contribution in [0.4, 0.5) is 5.69 Å². The van der Waals surface area contributed by atoms with Crippen molar-refractivity contribution >= 4 is 11.6 Å². The summed E-state index contributed by atoms with van der Waals surface area (Å²) in [4.78, 5) is 16.4. The molecule has 0 radical (unpaired) electrons. The molecule has 1 aromatic heterocycles. The zero-order chi connectivity index (χ0) is 15.2. The van der Waals surface area contributed by atoms with Crippen LogP contribution in [-0.2, 0) is 16.8 Å². The second-order valence-electron chi connectivity index (χ2n) is 5.82. The minimum Gasteiger partial charge on any atom is -0.478 e. The molecule has 3 N–H and O–H groups in total. The Bertz CT molecular complexity index is 723. The van der Waals surface area contributed by atoms with Crippen molar-refractivity contribution in [3.63, 3.8) is 0 Å². The lowest BCUT2D eigenvalue weighted by Crippen LogP contribution is -2.44. The van der Waals surface area contributed by atoms with Gasteiger partial charge < -0.3 is 20.3 Å². The summed E-state index contributed by atoms with van der Waals surface area (Å²) in [7, 11) is 0. The summed E-state index contributed by atoms with van der Waals surface area (Å²) in [6.07, 6.45) is 2.34. The minimum absolute atomic E-state index is 0.218. The molecule has 1 unspecified atom stereocenters. The van der Waals surface area contributed by atoms with E-state index in [4.69, 9.17) is 15.0 Å². The van der Waals surface area contributed by atoms with Gasteiger partial charge in [-0.15, -0.1) is 0 Å². The standard InChI is InChI=1S/C15H16N4O3/c16-15(6-3-7-15)14-18-12(22-19-14)8-11-13(20)17-9-4-1-2-5-10(9)21-11/h1-2,4-5,11H,3,6-8,16H2,(H,17,20). The molecule has 2 aliphatic rings. The lowest BCUT2D eigenvalue weighted by atomic mass is 9.77. The highest BCUT2D eigenvalue weighted by Gasteiger charge is 2.39. The first-order chi connectivity index (χ1) is 10.6. The van der Waals surface area contributed by atoms with Crippen molar-refractivity contribution in [2.24, 2.45) is 5.73 Å². The Balaban J connectivity index is 1.51. The van der Waals surface area contributed by atoms with Gasteiger partial charge in [0.15, 0.2) is 11.9 Å². The Labute approximate surface area is 126 Å². The number of hydrogen-bond donors (Lipinski definition) is 2. The van der Waals surface area contributed by atoms with Crippen LogP contribution in [0, 0.1) is 0 Å². The van der Waals surface area contributed by atoms with Crippen molar-refractivity contribution in [2.45, 2.75) is 37.3 Å². The van der Waals surface area contributed by atoms with Gasteiger partial charge in [-0.25, -0.2) is 0 Å². The molecular formula is C15H16N4O3. The first kappa shape index (κ1) is 13.3. The molecule has 1 aromatic carbocycles. The molecular weight excluding hydrogens is 284 g/mol. The largest absolute Gasteiger partial charge is 0.478 e. The summed E-state index contributed by atoms with van der Waals surface area (Å²) in [5, 5.41) is 6.76. The molecule has 22 heavy (non-hydrogen) atoms. The van der Waals surface area contributed by atoms with Crippen LogP contribution in [0.3, 0.4) is 0 Å². The van der Waals surface area contributed by atoms with Gasteiger partial charge >= 0.3 is 0 Å². The fraction of sp³-hybridized carbons (Fsp3) is 0.400. The van der Waals surface area contributed by atoms with Gasteiger partial charge in [-0.2, -0.15) is 4.98 Å². The first-order valence-corrected chi connectivity index (χ1v) is 7.33. The molecule has 7 heteroatoms. The number of hydrogen-bond acceptors (Lipinski definition) is 6. The fourth-order valence-corrected chi connectivity index (χ4v) is 2.71. The molecule has 2 heterocycles. The first-order valence-electron chi connectivity index (χ1n) is 7.33. The van der Waals surface area contributed by atoms with Crippen LogP contribution < -0.4 is 15.8 Å². The maximum Gasteiger partial charge on any atom is 0.266 e. The number of amides is 1.